The Kier molecular flexibility index (Phi) is 14.7. The number of aliphatic carboxylic acids is 3. The molecule has 0 unspecified atom stereocenters. The molecular weight excluding hydrogens is 589 g/mol. The van der Waals surface area contributed by atoms with Crippen molar-refractivity contribution in [3.8, 4) is 0 Å². The number of pyridine rings is 2. The number of nitrogens with zero attached hydrogens (tertiary/aromatic N) is 3. The minimum Gasteiger partial charge on any atom is -0.475 e. The van der Waals surface area contributed by atoms with E-state index in [1.54, 1.807) is 12.4 Å². The predicted octanol–water partition coefficient (Wildman–Crippen LogP) is 3.55. The van der Waals surface area contributed by atoms with Crippen LogP contribution in [0.5, 0.6) is 0 Å². The van der Waals surface area contributed by atoms with E-state index in [4.69, 9.17) is 29.7 Å². The molecule has 10 nitrogen and oxygen atoms in total. The van der Waals surface area contributed by atoms with Gasteiger partial charge in [-0.1, -0.05) is 12.1 Å². The highest BCUT2D eigenvalue weighted by Gasteiger charge is 2.39. The maximum Gasteiger partial charge on any atom is 0.490 e. The van der Waals surface area contributed by atoms with Gasteiger partial charge in [-0.05, 0) is 36.1 Å². The summed E-state index contributed by atoms with van der Waals surface area (Å²) in [7, 11) is 0. The first kappa shape index (κ1) is 37.0. The Bertz CT molecular complexity index is 1030. The van der Waals surface area contributed by atoms with E-state index in [1.807, 2.05) is 24.5 Å². The van der Waals surface area contributed by atoms with Gasteiger partial charge in [0.1, 0.15) is 0 Å². The van der Waals surface area contributed by atoms with E-state index in [1.165, 1.54) is 11.1 Å². The number of carboxylic acids is 3. The summed E-state index contributed by atoms with van der Waals surface area (Å²) in [5.74, 6) is -8.27. The summed E-state index contributed by atoms with van der Waals surface area (Å²) in [4.78, 5) is 37.3. The highest BCUT2D eigenvalue weighted by molar-refractivity contribution is 5.73. The quantitative estimate of drug-likeness (QED) is 0.377. The average Bonchev–Trinajstić information content (AvgIpc) is 3.18. The van der Waals surface area contributed by atoms with Gasteiger partial charge in [0.25, 0.3) is 0 Å². The van der Waals surface area contributed by atoms with E-state index in [-0.39, 0.29) is 12.1 Å². The molecule has 1 aliphatic heterocycles. The molecule has 0 radical (unpaired) electrons. The van der Waals surface area contributed by atoms with E-state index in [0.29, 0.717) is 0 Å². The summed E-state index contributed by atoms with van der Waals surface area (Å²) >= 11 is 0. The van der Waals surface area contributed by atoms with E-state index >= 15 is 0 Å². The van der Waals surface area contributed by atoms with Crippen LogP contribution in [0, 0.1) is 0 Å². The summed E-state index contributed by atoms with van der Waals surface area (Å²) in [6.45, 7) is 1.77. The summed E-state index contributed by atoms with van der Waals surface area (Å²) in [5.41, 5.74) is 2.37. The van der Waals surface area contributed by atoms with Crippen LogP contribution in [0.15, 0.2) is 49.1 Å². The van der Waals surface area contributed by atoms with Gasteiger partial charge in [-0.2, -0.15) is 39.5 Å². The highest BCUT2D eigenvalue weighted by atomic mass is 19.4. The first-order chi connectivity index (χ1) is 18.7. The van der Waals surface area contributed by atoms with Crippen molar-refractivity contribution in [3.63, 3.8) is 0 Å². The third-order valence-corrected chi connectivity index (χ3v) is 4.63. The third kappa shape index (κ3) is 16.0. The Morgan fingerprint density at radius 1 is 0.756 bits per heavy atom. The lowest BCUT2D eigenvalue weighted by Gasteiger charge is -2.26. The average molecular weight is 611 g/mol. The molecule has 2 atom stereocenters. The Morgan fingerprint density at radius 2 is 1.12 bits per heavy atom. The number of aliphatic hydroxyl groups is 1. The monoisotopic (exact) mass is 611 g/mol. The molecule has 0 spiro atoms. The number of hydrogen-bond acceptors (Lipinski definition) is 7. The second-order valence-electron chi connectivity index (χ2n) is 7.73. The highest BCUT2D eigenvalue weighted by Crippen LogP contribution is 2.23. The van der Waals surface area contributed by atoms with Crippen molar-refractivity contribution in [1.82, 2.24) is 14.9 Å². The molecule has 2 aromatic heterocycles. The van der Waals surface area contributed by atoms with Crippen molar-refractivity contribution < 1.29 is 74.3 Å². The van der Waals surface area contributed by atoms with Crippen LogP contribution in [0.25, 0.3) is 0 Å². The number of aliphatic hydroxyl groups excluding tert-OH is 1. The molecule has 1 fully saturated rings. The molecule has 3 heterocycles. The van der Waals surface area contributed by atoms with Gasteiger partial charge < -0.3 is 20.4 Å². The molecule has 0 bridgehead atoms. The molecule has 0 saturated carbocycles. The fourth-order valence-electron chi connectivity index (χ4n) is 2.85. The topological polar surface area (TPSA) is 161 Å². The van der Waals surface area contributed by atoms with Crippen LogP contribution in [-0.4, -0.2) is 90.4 Å². The molecule has 3 rings (SSSR count). The van der Waals surface area contributed by atoms with Crippen molar-refractivity contribution in [2.75, 3.05) is 6.54 Å². The van der Waals surface area contributed by atoms with Gasteiger partial charge in [-0.15, -0.1) is 0 Å². The van der Waals surface area contributed by atoms with Crippen LogP contribution in [0.2, 0.25) is 0 Å². The Labute approximate surface area is 224 Å². The maximum absolute atomic E-state index is 10.6. The first-order valence-electron chi connectivity index (χ1n) is 10.8. The fourth-order valence-corrected chi connectivity index (χ4v) is 2.85. The van der Waals surface area contributed by atoms with Crippen LogP contribution in [-0.2, 0) is 27.3 Å². The molecule has 19 heteroatoms. The number of hydrogen-bond donors (Lipinski definition) is 4. The van der Waals surface area contributed by atoms with E-state index in [9.17, 15) is 44.6 Å². The Balaban J connectivity index is 0.000000631. The summed E-state index contributed by atoms with van der Waals surface area (Å²) in [5, 5.41) is 31.6. The van der Waals surface area contributed by atoms with E-state index in [0.717, 1.165) is 25.9 Å². The van der Waals surface area contributed by atoms with Crippen LogP contribution >= 0.6 is 0 Å². The van der Waals surface area contributed by atoms with Gasteiger partial charge in [-0.3, -0.25) is 14.9 Å². The van der Waals surface area contributed by atoms with Crippen LogP contribution < -0.4 is 0 Å². The standard InChI is InChI=1S/C16H19N3O.3C2HF3O2/c20-16-5-8-19(12-14-4-2-7-18-11-14)15(16)9-13-3-1-6-17-10-13;3*3-2(4,5)1(6)7/h1-4,6-7,10-11,15-16,20H,5,8-9,12H2;3*(H,6,7)/t15-,16-;;;/m0.../s1. The number of carbonyl (C=O) groups is 3. The summed E-state index contributed by atoms with van der Waals surface area (Å²) in [6.07, 6.45) is -6.48. The molecule has 0 amide bonds. The number of aromatic nitrogens is 2. The van der Waals surface area contributed by atoms with Gasteiger partial charge in [0.15, 0.2) is 0 Å². The SMILES string of the molecule is O=C(O)C(F)(F)F.O=C(O)C(F)(F)F.O=C(O)C(F)(F)F.O[C@H]1CCN(Cc2cccnc2)[C@H]1Cc1cccnc1. The molecule has 230 valence electrons. The van der Waals surface area contributed by atoms with Crippen LogP contribution in [0.4, 0.5) is 39.5 Å². The Hall–Kier alpha value is -4.00. The number of carboxylic acid groups (broad SMARTS) is 3. The fraction of sp³-hybridized carbons (Fsp3) is 0.409. The lowest BCUT2D eigenvalue weighted by molar-refractivity contribution is -0.193. The van der Waals surface area contributed by atoms with Crippen molar-refractivity contribution in [2.24, 2.45) is 0 Å². The van der Waals surface area contributed by atoms with Gasteiger partial charge in [-0.25, -0.2) is 14.4 Å². The first-order valence-corrected chi connectivity index (χ1v) is 10.8. The minimum absolute atomic E-state index is 0.166. The molecule has 0 aromatic carbocycles. The predicted molar refractivity (Wildman–Crippen MR) is 118 cm³/mol. The van der Waals surface area contributed by atoms with Crippen LogP contribution in [0.1, 0.15) is 17.5 Å². The number of rotatable bonds is 4. The molecule has 0 aliphatic carbocycles. The zero-order valence-corrected chi connectivity index (χ0v) is 20.4. The molecule has 41 heavy (non-hydrogen) atoms. The second-order valence-corrected chi connectivity index (χ2v) is 7.73. The minimum atomic E-state index is -5.08. The molecule has 2 aromatic rings. The van der Waals surface area contributed by atoms with Crippen molar-refractivity contribution >= 4 is 17.9 Å². The Morgan fingerprint density at radius 3 is 1.44 bits per heavy atom. The summed E-state index contributed by atoms with van der Waals surface area (Å²) in [6, 6.07) is 8.22. The van der Waals surface area contributed by atoms with E-state index < -0.39 is 36.4 Å². The van der Waals surface area contributed by atoms with Gasteiger partial charge in [0, 0.05) is 43.9 Å². The molecule has 4 N–H and O–H groups in total. The normalized spacial score (nSPS) is 17.0. The van der Waals surface area contributed by atoms with Gasteiger partial charge in [0.2, 0.25) is 0 Å². The maximum atomic E-state index is 10.6. The molecular formula is C22H22F9N3O7. The zero-order chi connectivity index (χ0) is 32.0. The summed E-state index contributed by atoms with van der Waals surface area (Å²) < 4.78 is 95.2. The van der Waals surface area contributed by atoms with Gasteiger partial charge >= 0.3 is 36.4 Å². The van der Waals surface area contributed by atoms with Crippen molar-refractivity contribution in [3.05, 3.63) is 60.2 Å². The van der Waals surface area contributed by atoms with Crippen molar-refractivity contribution in [2.45, 2.75) is 50.1 Å². The van der Waals surface area contributed by atoms with Crippen molar-refractivity contribution in [1.29, 1.82) is 0 Å². The second kappa shape index (κ2) is 16.3. The largest absolute Gasteiger partial charge is 0.490 e. The third-order valence-electron chi connectivity index (χ3n) is 4.63. The van der Waals surface area contributed by atoms with Crippen LogP contribution in [0.3, 0.4) is 0 Å². The molecule has 1 saturated heterocycles. The lowest BCUT2D eigenvalue weighted by atomic mass is 10.0. The number of likely N-dealkylation sites (tertiary alicyclic amines) is 1. The zero-order valence-electron chi connectivity index (χ0n) is 20.4. The van der Waals surface area contributed by atoms with E-state index in [2.05, 4.69) is 27.0 Å². The molecule has 1 aliphatic rings. The number of halogens is 9. The number of alkyl halides is 9. The lowest BCUT2D eigenvalue weighted by Crippen LogP contribution is -2.36. The smallest absolute Gasteiger partial charge is 0.475 e. The van der Waals surface area contributed by atoms with Gasteiger partial charge in [0.05, 0.1) is 6.10 Å².